The van der Waals surface area contributed by atoms with E-state index < -0.39 is 5.97 Å². The maximum absolute atomic E-state index is 12.2. The Balaban J connectivity index is 1.77. The van der Waals surface area contributed by atoms with Crippen LogP contribution in [0.15, 0.2) is 60.7 Å². The molecule has 3 rings (SSSR count). The second kappa shape index (κ2) is 9.56. The molecule has 2 aromatic carbocycles. The van der Waals surface area contributed by atoms with Crippen LogP contribution in [0.3, 0.4) is 0 Å². The number of hydrogen-bond acceptors (Lipinski definition) is 1. The molecule has 2 atom stereocenters. The first-order valence-corrected chi connectivity index (χ1v) is 10.0. The third kappa shape index (κ3) is 5.20. The van der Waals surface area contributed by atoms with E-state index in [1.807, 2.05) is 24.3 Å². The lowest BCUT2D eigenvalue weighted by Crippen LogP contribution is -2.33. The Morgan fingerprint density at radius 2 is 1.46 bits per heavy atom. The van der Waals surface area contributed by atoms with Gasteiger partial charge in [-0.3, -0.25) is 4.79 Å². The van der Waals surface area contributed by atoms with Crippen LogP contribution >= 0.6 is 0 Å². The summed E-state index contributed by atoms with van der Waals surface area (Å²) in [7, 11) is 0. The molecule has 1 saturated carbocycles. The van der Waals surface area contributed by atoms with E-state index in [1.54, 1.807) is 0 Å². The summed E-state index contributed by atoms with van der Waals surface area (Å²) < 4.78 is 0. The van der Waals surface area contributed by atoms with Crippen molar-refractivity contribution in [2.24, 2.45) is 17.8 Å². The Morgan fingerprint density at radius 1 is 0.885 bits per heavy atom. The molecular weight excluding hydrogens is 320 g/mol. The minimum absolute atomic E-state index is 0.258. The maximum Gasteiger partial charge on any atom is 0.307 e. The van der Waals surface area contributed by atoms with Crippen molar-refractivity contribution in [1.29, 1.82) is 0 Å². The van der Waals surface area contributed by atoms with Crippen LogP contribution in [0.1, 0.15) is 49.7 Å². The standard InChI is InChI=1S/C24H30O2/c25-24(26)23(18-20-12-6-2-7-13-20)22(21-14-8-3-9-15-21)17-16-19-10-4-1-5-11-19/h1-2,4-7,10-13,21-23H,3,8-9,14-18H2,(H,25,26). The lowest BCUT2D eigenvalue weighted by Gasteiger charge is -2.34. The molecule has 1 aliphatic carbocycles. The van der Waals surface area contributed by atoms with Crippen molar-refractivity contribution in [2.45, 2.75) is 51.4 Å². The van der Waals surface area contributed by atoms with Gasteiger partial charge >= 0.3 is 5.97 Å². The van der Waals surface area contributed by atoms with Crippen LogP contribution in [0.5, 0.6) is 0 Å². The Morgan fingerprint density at radius 3 is 2.04 bits per heavy atom. The minimum Gasteiger partial charge on any atom is -0.481 e. The van der Waals surface area contributed by atoms with Crippen LogP contribution in [-0.4, -0.2) is 11.1 Å². The number of rotatable bonds is 8. The summed E-state index contributed by atoms with van der Waals surface area (Å²) in [6, 6.07) is 20.6. The van der Waals surface area contributed by atoms with Crippen LogP contribution < -0.4 is 0 Å². The number of carboxylic acid groups (broad SMARTS) is 1. The fourth-order valence-corrected chi connectivity index (χ4v) is 4.60. The van der Waals surface area contributed by atoms with Crippen molar-refractivity contribution >= 4 is 5.97 Å². The Kier molecular flexibility index (Phi) is 6.88. The fourth-order valence-electron chi connectivity index (χ4n) is 4.60. The quantitative estimate of drug-likeness (QED) is 0.657. The summed E-state index contributed by atoms with van der Waals surface area (Å²) in [5.74, 6) is -0.104. The van der Waals surface area contributed by atoms with E-state index in [2.05, 4.69) is 36.4 Å². The molecule has 1 aliphatic rings. The average Bonchev–Trinajstić information content (AvgIpc) is 2.69. The average molecular weight is 351 g/mol. The number of carbonyl (C=O) groups is 1. The van der Waals surface area contributed by atoms with Crippen LogP contribution in [0, 0.1) is 17.8 Å². The zero-order valence-electron chi connectivity index (χ0n) is 15.5. The number of aliphatic carboxylic acids is 1. The molecule has 138 valence electrons. The van der Waals surface area contributed by atoms with E-state index >= 15 is 0 Å². The van der Waals surface area contributed by atoms with Gasteiger partial charge in [0.25, 0.3) is 0 Å². The van der Waals surface area contributed by atoms with E-state index in [9.17, 15) is 9.90 Å². The largest absolute Gasteiger partial charge is 0.481 e. The van der Waals surface area contributed by atoms with Crippen LogP contribution in [0.4, 0.5) is 0 Å². The summed E-state index contributed by atoms with van der Waals surface area (Å²) in [5.41, 5.74) is 2.46. The van der Waals surface area contributed by atoms with Gasteiger partial charge < -0.3 is 5.11 Å². The van der Waals surface area contributed by atoms with Gasteiger partial charge in [-0.05, 0) is 42.2 Å². The molecule has 2 aromatic rings. The maximum atomic E-state index is 12.2. The number of carboxylic acids is 1. The van der Waals surface area contributed by atoms with Gasteiger partial charge in [-0.1, -0.05) is 92.8 Å². The first-order valence-electron chi connectivity index (χ1n) is 10.0. The van der Waals surface area contributed by atoms with Crippen molar-refractivity contribution < 1.29 is 9.90 Å². The van der Waals surface area contributed by atoms with Gasteiger partial charge in [-0.25, -0.2) is 0 Å². The summed E-state index contributed by atoms with van der Waals surface area (Å²) in [6.45, 7) is 0. The van der Waals surface area contributed by atoms with Crippen molar-refractivity contribution in [1.82, 2.24) is 0 Å². The van der Waals surface area contributed by atoms with Gasteiger partial charge in [0.1, 0.15) is 0 Å². The molecule has 26 heavy (non-hydrogen) atoms. The van der Waals surface area contributed by atoms with Gasteiger partial charge in [0.05, 0.1) is 5.92 Å². The summed E-state index contributed by atoms with van der Waals surface area (Å²) in [4.78, 5) is 12.2. The Bertz CT molecular complexity index is 659. The molecule has 0 saturated heterocycles. The molecule has 2 heteroatoms. The molecule has 0 heterocycles. The van der Waals surface area contributed by atoms with Crippen molar-refractivity contribution in [2.75, 3.05) is 0 Å². The SMILES string of the molecule is O=C(O)C(Cc1ccccc1)C(CCc1ccccc1)C1CCCCC1. The molecule has 0 bridgehead atoms. The zero-order valence-corrected chi connectivity index (χ0v) is 15.5. The molecule has 0 amide bonds. The molecule has 0 aliphatic heterocycles. The first kappa shape index (κ1) is 18.7. The Labute approximate surface area is 157 Å². The van der Waals surface area contributed by atoms with Crippen LogP contribution in [-0.2, 0) is 17.6 Å². The predicted molar refractivity (Wildman–Crippen MR) is 106 cm³/mol. The molecule has 1 N–H and O–H groups in total. The van der Waals surface area contributed by atoms with Crippen molar-refractivity contribution in [3.05, 3.63) is 71.8 Å². The third-order valence-corrected chi connectivity index (χ3v) is 6.00. The highest BCUT2D eigenvalue weighted by Crippen LogP contribution is 2.38. The van der Waals surface area contributed by atoms with Gasteiger partial charge in [-0.15, -0.1) is 0 Å². The highest BCUT2D eigenvalue weighted by molar-refractivity contribution is 5.71. The molecule has 0 radical (unpaired) electrons. The molecule has 0 aromatic heterocycles. The second-order valence-electron chi connectivity index (χ2n) is 7.72. The predicted octanol–water partition coefficient (Wildman–Crippen LogP) is 5.76. The van der Waals surface area contributed by atoms with Crippen LogP contribution in [0.2, 0.25) is 0 Å². The molecule has 0 spiro atoms. The molecule has 2 unspecified atom stereocenters. The monoisotopic (exact) mass is 350 g/mol. The van der Waals surface area contributed by atoms with Crippen molar-refractivity contribution in [3.8, 4) is 0 Å². The molecule has 1 fully saturated rings. The minimum atomic E-state index is -0.627. The van der Waals surface area contributed by atoms with Crippen molar-refractivity contribution in [3.63, 3.8) is 0 Å². The van der Waals surface area contributed by atoms with E-state index in [-0.39, 0.29) is 11.8 Å². The van der Waals surface area contributed by atoms with E-state index in [0.717, 1.165) is 18.4 Å². The van der Waals surface area contributed by atoms with E-state index in [1.165, 1.54) is 37.7 Å². The summed E-state index contributed by atoms with van der Waals surface area (Å²) in [6.07, 6.45) is 8.79. The lowest BCUT2D eigenvalue weighted by atomic mass is 9.70. The molecular formula is C24H30O2. The summed E-state index contributed by atoms with van der Waals surface area (Å²) >= 11 is 0. The highest BCUT2D eigenvalue weighted by atomic mass is 16.4. The van der Waals surface area contributed by atoms with Gasteiger partial charge in [-0.2, -0.15) is 0 Å². The summed E-state index contributed by atoms with van der Waals surface area (Å²) in [5, 5.41) is 10.0. The van der Waals surface area contributed by atoms with Gasteiger partial charge in [0, 0.05) is 0 Å². The third-order valence-electron chi connectivity index (χ3n) is 6.00. The van der Waals surface area contributed by atoms with Gasteiger partial charge in [0.15, 0.2) is 0 Å². The normalized spacial score (nSPS) is 17.5. The van der Waals surface area contributed by atoms with Gasteiger partial charge in [0.2, 0.25) is 0 Å². The van der Waals surface area contributed by atoms with E-state index in [4.69, 9.17) is 0 Å². The smallest absolute Gasteiger partial charge is 0.307 e. The zero-order chi connectivity index (χ0) is 18.2. The van der Waals surface area contributed by atoms with E-state index in [0.29, 0.717) is 12.3 Å². The topological polar surface area (TPSA) is 37.3 Å². The second-order valence-corrected chi connectivity index (χ2v) is 7.72. The molecule has 2 nitrogen and oxygen atoms in total. The number of benzene rings is 2. The highest BCUT2D eigenvalue weighted by Gasteiger charge is 2.34. The Hall–Kier alpha value is -2.09. The lowest BCUT2D eigenvalue weighted by molar-refractivity contribution is -0.144. The first-order chi connectivity index (χ1) is 12.7. The number of aryl methyl sites for hydroxylation is 1. The number of hydrogen-bond donors (Lipinski definition) is 1. The van der Waals surface area contributed by atoms with Crippen LogP contribution in [0.25, 0.3) is 0 Å². The fraction of sp³-hybridized carbons (Fsp3) is 0.458.